The molecule has 0 spiro atoms. The van der Waals surface area contributed by atoms with Crippen LogP contribution in [0.3, 0.4) is 0 Å². The first-order valence-electron chi connectivity index (χ1n) is 8.68. The summed E-state index contributed by atoms with van der Waals surface area (Å²) in [7, 11) is -1.74. The van der Waals surface area contributed by atoms with E-state index in [9.17, 15) is 8.42 Å². The third-order valence-electron chi connectivity index (χ3n) is 5.00. The van der Waals surface area contributed by atoms with Crippen LogP contribution in [0.4, 0.5) is 0 Å². The Kier molecular flexibility index (Phi) is 6.87. The second-order valence-corrected chi connectivity index (χ2v) is 8.77. The number of methoxy groups -OCH3 is 1. The highest BCUT2D eigenvalue weighted by molar-refractivity contribution is 7.90. The van der Waals surface area contributed by atoms with Crippen LogP contribution in [0.1, 0.15) is 44.6 Å². The fourth-order valence-electron chi connectivity index (χ4n) is 3.17. The monoisotopic (exact) mass is 351 g/mol. The fourth-order valence-corrected chi connectivity index (χ4v) is 5.00. The van der Waals surface area contributed by atoms with E-state index >= 15 is 0 Å². The highest BCUT2D eigenvalue weighted by Crippen LogP contribution is 2.34. The molecule has 1 aromatic carbocycles. The number of hydrogen-bond acceptors (Lipinski definition) is 3. The van der Waals surface area contributed by atoms with Gasteiger partial charge in [0.25, 0.3) is 0 Å². The van der Waals surface area contributed by atoms with E-state index in [0.717, 1.165) is 37.0 Å². The fraction of sp³-hybridized carbons (Fsp3) is 0.579. The van der Waals surface area contributed by atoms with Gasteiger partial charge in [0, 0.05) is 6.54 Å². The van der Waals surface area contributed by atoms with E-state index in [1.54, 1.807) is 7.11 Å². The Morgan fingerprint density at radius 1 is 1.33 bits per heavy atom. The number of hydrogen-bond donors (Lipinski definition) is 1. The van der Waals surface area contributed by atoms with Gasteiger partial charge in [0.05, 0.1) is 12.4 Å². The Morgan fingerprint density at radius 3 is 2.50 bits per heavy atom. The van der Waals surface area contributed by atoms with Gasteiger partial charge in [-0.1, -0.05) is 44.4 Å². The van der Waals surface area contributed by atoms with E-state index in [4.69, 9.17) is 4.74 Å². The molecule has 0 radical (unpaired) electrons. The minimum absolute atomic E-state index is 0.0801. The SMILES string of the molecule is C=CC[C@H](C)C(CC1CCC1)S(=O)(=O)NCc1ccc(OC)cc1. The molecule has 1 aromatic rings. The highest BCUT2D eigenvalue weighted by Gasteiger charge is 2.34. The number of nitrogens with one attached hydrogen (secondary N) is 1. The van der Waals surface area contributed by atoms with Gasteiger partial charge in [-0.05, 0) is 42.4 Å². The number of ether oxygens (including phenoxy) is 1. The van der Waals surface area contributed by atoms with Crippen molar-refractivity contribution >= 4 is 10.0 Å². The van der Waals surface area contributed by atoms with Crippen molar-refractivity contribution < 1.29 is 13.2 Å². The van der Waals surface area contributed by atoms with Crippen LogP contribution in [-0.2, 0) is 16.6 Å². The summed E-state index contributed by atoms with van der Waals surface area (Å²) in [6.07, 6.45) is 6.84. The molecule has 1 fully saturated rings. The van der Waals surface area contributed by atoms with Crippen LogP contribution >= 0.6 is 0 Å². The molecule has 0 heterocycles. The third-order valence-corrected chi connectivity index (χ3v) is 7.00. The minimum atomic E-state index is -3.36. The Morgan fingerprint density at radius 2 is 2.00 bits per heavy atom. The Balaban J connectivity index is 2.03. The molecule has 0 aromatic heterocycles. The summed E-state index contributed by atoms with van der Waals surface area (Å²) >= 11 is 0. The zero-order valence-corrected chi connectivity index (χ0v) is 15.5. The zero-order chi connectivity index (χ0) is 17.6. The molecule has 0 amide bonds. The number of benzene rings is 1. The van der Waals surface area contributed by atoms with E-state index < -0.39 is 10.0 Å². The average molecular weight is 352 g/mol. The minimum Gasteiger partial charge on any atom is -0.497 e. The van der Waals surface area contributed by atoms with Crippen LogP contribution in [0, 0.1) is 11.8 Å². The molecule has 5 heteroatoms. The molecule has 1 aliphatic carbocycles. The van der Waals surface area contributed by atoms with Crippen molar-refractivity contribution in [2.75, 3.05) is 7.11 Å². The summed E-state index contributed by atoms with van der Waals surface area (Å²) in [6.45, 7) is 6.09. The standard InChI is InChI=1S/C19H29NO3S/c1-4-6-15(2)19(13-16-7-5-8-16)24(21,22)20-14-17-9-11-18(23-3)12-10-17/h4,9-12,15-16,19-20H,1,5-8,13-14H2,2-3H3/t15-,19?/m0/s1. The lowest BCUT2D eigenvalue weighted by atomic mass is 9.80. The Labute approximate surface area is 146 Å². The zero-order valence-electron chi connectivity index (χ0n) is 14.7. The van der Waals surface area contributed by atoms with Gasteiger partial charge in [0.2, 0.25) is 10.0 Å². The van der Waals surface area contributed by atoms with Gasteiger partial charge in [-0.2, -0.15) is 0 Å². The van der Waals surface area contributed by atoms with E-state index in [-0.39, 0.29) is 11.2 Å². The summed E-state index contributed by atoms with van der Waals surface area (Å²) in [5.74, 6) is 1.40. The van der Waals surface area contributed by atoms with Crippen LogP contribution in [-0.4, -0.2) is 20.8 Å². The van der Waals surface area contributed by atoms with Crippen molar-refractivity contribution in [1.29, 1.82) is 0 Å². The second kappa shape index (κ2) is 8.67. The predicted molar refractivity (Wildman–Crippen MR) is 98.5 cm³/mol. The van der Waals surface area contributed by atoms with Gasteiger partial charge in [-0.15, -0.1) is 6.58 Å². The molecule has 1 N–H and O–H groups in total. The molecule has 1 unspecified atom stereocenters. The van der Waals surface area contributed by atoms with Crippen molar-refractivity contribution in [1.82, 2.24) is 4.72 Å². The smallest absolute Gasteiger partial charge is 0.215 e. The van der Waals surface area contributed by atoms with Crippen molar-refractivity contribution in [2.24, 2.45) is 11.8 Å². The summed E-state index contributed by atoms with van der Waals surface area (Å²) in [6, 6.07) is 7.45. The maximum absolute atomic E-state index is 12.8. The van der Waals surface area contributed by atoms with Crippen LogP contribution in [0.5, 0.6) is 5.75 Å². The van der Waals surface area contributed by atoms with Crippen LogP contribution in [0.25, 0.3) is 0 Å². The van der Waals surface area contributed by atoms with Crippen molar-refractivity contribution in [3.05, 3.63) is 42.5 Å². The topological polar surface area (TPSA) is 55.4 Å². The molecular weight excluding hydrogens is 322 g/mol. The Hall–Kier alpha value is -1.33. The van der Waals surface area contributed by atoms with Gasteiger partial charge >= 0.3 is 0 Å². The number of sulfonamides is 1. The van der Waals surface area contributed by atoms with Crippen LogP contribution in [0.15, 0.2) is 36.9 Å². The average Bonchev–Trinajstić information content (AvgIpc) is 2.52. The van der Waals surface area contributed by atoms with Crippen molar-refractivity contribution in [3.63, 3.8) is 0 Å². The largest absolute Gasteiger partial charge is 0.497 e. The summed E-state index contributed by atoms with van der Waals surface area (Å²) in [5.41, 5.74) is 0.929. The first kappa shape index (κ1) is 19.0. The molecule has 4 nitrogen and oxygen atoms in total. The maximum atomic E-state index is 12.8. The molecule has 134 valence electrons. The molecule has 1 saturated carbocycles. The lowest BCUT2D eigenvalue weighted by molar-refractivity contribution is 0.273. The predicted octanol–water partition coefficient (Wildman–Crippen LogP) is 3.89. The first-order valence-corrected chi connectivity index (χ1v) is 10.2. The lowest BCUT2D eigenvalue weighted by Crippen LogP contribution is -2.40. The van der Waals surface area contributed by atoms with E-state index in [0.29, 0.717) is 12.5 Å². The van der Waals surface area contributed by atoms with Gasteiger partial charge in [0.15, 0.2) is 0 Å². The highest BCUT2D eigenvalue weighted by atomic mass is 32.2. The van der Waals surface area contributed by atoms with Gasteiger partial charge in [0.1, 0.15) is 5.75 Å². The van der Waals surface area contributed by atoms with Crippen molar-refractivity contribution in [3.8, 4) is 5.75 Å². The van der Waals surface area contributed by atoms with Crippen LogP contribution < -0.4 is 9.46 Å². The quantitative estimate of drug-likeness (QED) is 0.651. The summed E-state index contributed by atoms with van der Waals surface area (Å²) in [4.78, 5) is 0. The third kappa shape index (κ3) is 5.08. The Bertz CT molecular complexity index is 621. The lowest BCUT2D eigenvalue weighted by Gasteiger charge is -2.32. The molecule has 24 heavy (non-hydrogen) atoms. The molecule has 0 saturated heterocycles. The molecule has 2 rings (SSSR count). The molecular formula is C19H29NO3S. The van der Waals surface area contributed by atoms with E-state index in [1.165, 1.54) is 6.42 Å². The number of rotatable bonds is 10. The van der Waals surface area contributed by atoms with Gasteiger partial charge in [-0.3, -0.25) is 0 Å². The maximum Gasteiger partial charge on any atom is 0.215 e. The first-order chi connectivity index (χ1) is 11.5. The normalized spacial score (nSPS) is 17.8. The summed E-state index contributed by atoms with van der Waals surface area (Å²) < 4.78 is 33.6. The summed E-state index contributed by atoms with van der Waals surface area (Å²) in [5, 5.41) is -0.348. The van der Waals surface area contributed by atoms with E-state index in [2.05, 4.69) is 11.3 Å². The molecule has 2 atom stereocenters. The second-order valence-electron chi connectivity index (χ2n) is 6.79. The molecule has 1 aliphatic rings. The van der Waals surface area contributed by atoms with Crippen molar-refractivity contribution in [2.45, 2.75) is 50.8 Å². The number of allylic oxidation sites excluding steroid dienone is 1. The van der Waals surface area contributed by atoms with Gasteiger partial charge in [-0.25, -0.2) is 13.1 Å². The van der Waals surface area contributed by atoms with Crippen LogP contribution in [0.2, 0.25) is 0 Å². The molecule has 0 bridgehead atoms. The van der Waals surface area contributed by atoms with E-state index in [1.807, 2.05) is 37.3 Å². The molecule has 0 aliphatic heterocycles. The van der Waals surface area contributed by atoms with Gasteiger partial charge < -0.3 is 4.74 Å².